The molecule has 7 heteroatoms. The van der Waals surface area contributed by atoms with E-state index in [0.717, 1.165) is 42.1 Å². The van der Waals surface area contributed by atoms with Gasteiger partial charge in [0, 0.05) is 42.1 Å². The first-order valence-electron chi connectivity index (χ1n) is 13.6. The molecule has 0 saturated heterocycles. The van der Waals surface area contributed by atoms with Crippen LogP contribution in [-0.4, -0.2) is 41.2 Å². The van der Waals surface area contributed by atoms with Crippen molar-refractivity contribution in [1.82, 2.24) is 10.2 Å². The second-order valence-corrected chi connectivity index (χ2v) is 10.4. The summed E-state index contributed by atoms with van der Waals surface area (Å²) < 4.78 is 14.5. The standard InChI is InChI=1S/C31H34FN3O3/c1-21(30(37)33-24-13-3-2-4-14-24)35(20-23-10-5-6-16-26(23)32)28(36)18-9-19-34-27-17-8-12-22-11-7-15-25(29(22)27)31(34)38/h5-8,10-12,15-17,21,24H,2-4,9,13-14,18-20H2,1H3,(H,33,37). The van der Waals surface area contributed by atoms with Crippen LogP contribution in [0.4, 0.5) is 10.1 Å². The van der Waals surface area contributed by atoms with Gasteiger partial charge in [-0.1, -0.05) is 61.7 Å². The molecule has 5 rings (SSSR count). The first kappa shape index (κ1) is 25.9. The van der Waals surface area contributed by atoms with Crippen molar-refractivity contribution < 1.29 is 18.8 Å². The molecule has 3 amide bonds. The molecule has 0 spiro atoms. The van der Waals surface area contributed by atoms with Crippen molar-refractivity contribution in [3.8, 4) is 0 Å². The van der Waals surface area contributed by atoms with E-state index in [0.29, 0.717) is 24.1 Å². The minimum atomic E-state index is -0.740. The number of nitrogens with one attached hydrogen (secondary N) is 1. The highest BCUT2D eigenvalue weighted by Gasteiger charge is 2.31. The van der Waals surface area contributed by atoms with Gasteiger partial charge in [0.1, 0.15) is 11.9 Å². The molecular formula is C31H34FN3O3. The lowest BCUT2D eigenvalue weighted by Crippen LogP contribution is -2.50. The van der Waals surface area contributed by atoms with Gasteiger partial charge in [-0.05, 0) is 49.8 Å². The SMILES string of the molecule is CC(C(=O)NC1CCCCC1)N(Cc1ccccc1F)C(=O)CCCN1C(=O)c2cccc3cccc1c23. The van der Waals surface area contributed by atoms with Crippen LogP contribution < -0.4 is 10.2 Å². The number of nitrogens with zero attached hydrogens (tertiary/aromatic N) is 2. The fourth-order valence-corrected chi connectivity index (χ4v) is 5.69. The Kier molecular flexibility index (Phi) is 7.72. The molecule has 0 bridgehead atoms. The molecule has 3 aromatic carbocycles. The maximum atomic E-state index is 14.5. The quantitative estimate of drug-likeness (QED) is 0.404. The molecule has 2 aliphatic rings. The number of hydrogen-bond donors (Lipinski definition) is 1. The van der Waals surface area contributed by atoms with Gasteiger partial charge < -0.3 is 15.1 Å². The summed E-state index contributed by atoms with van der Waals surface area (Å²) in [6.45, 7) is 2.10. The normalized spacial score (nSPS) is 16.1. The summed E-state index contributed by atoms with van der Waals surface area (Å²) in [5.74, 6) is -0.910. The van der Waals surface area contributed by atoms with E-state index in [2.05, 4.69) is 5.32 Å². The Balaban J connectivity index is 1.27. The van der Waals surface area contributed by atoms with Crippen molar-refractivity contribution in [2.45, 2.75) is 70.5 Å². The monoisotopic (exact) mass is 515 g/mol. The average Bonchev–Trinajstić information content (AvgIpc) is 3.21. The van der Waals surface area contributed by atoms with E-state index in [1.54, 1.807) is 30.0 Å². The zero-order chi connectivity index (χ0) is 26.6. The van der Waals surface area contributed by atoms with Gasteiger partial charge in [-0.2, -0.15) is 0 Å². The molecule has 1 aliphatic heterocycles. The van der Waals surface area contributed by atoms with Crippen molar-refractivity contribution in [2.24, 2.45) is 0 Å². The molecule has 1 unspecified atom stereocenters. The van der Waals surface area contributed by atoms with Gasteiger partial charge in [-0.3, -0.25) is 14.4 Å². The molecule has 1 heterocycles. The lowest BCUT2D eigenvalue weighted by atomic mass is 9.95. The number of anilines is 1. The number of halogens is 1. The molecule has 38 heavy (non-hydrogen) atoms. The molecule has 1 atom stereocenters. The summed E-state index contributed by atoms with van der Waals surface area (Å²) >= 11 is 0. The van der Waals surface area contributed by atoms with Crippen LogP contribution in [-0.2, 0) is 16.1 Å². The van der Waals surface area contributed by atoms with Crippen LogP contribution in [0.1, 0.15) is 67.8 Å². The minimum Gasteiger partial charge on any atom is -0.352 e. The Labute approximate surface area is 222 Å². The van der Waals surface area contributed by atoms with Crippen LogP contribution in [0.25, 0.3) is 10.8 Å². The van der Waals surface area contributed by atoms with E-state index in [1.165, 1.54) is 17.4 Å². The van der Waals surface area contributed by atoms with Crippen LogP contribution >= 0.6 is 0 Å². The Morgan fingerprint density at radius 2 is 1.76 bits per heavy atom. The third-order valence-corrected chi connectivity index (χ3v) is 7.84. The highest BCUT2D eigenvalue weighted by Crippen LogP contribution is 2.37. The van der Waals surface area contributed by atoms with Crippen molar-refractivity contribution in [2.75, 3.05) is 11.4 Å². The van der Waals surface area contributed by atoms with E-state index < -0.39 is 11.9 Å². The van der Waals surface area contributed by atoms with Gasteiger partial charge in [0.15, 0.2) is 0 Å². The fourth-order valence-electron chi connectivity index (χ4n) is 5.69. The average molecular weight is 516 g/mol. The van der Waals surface area contributed by atoms with Gasteiger partial charge >= 0.3 is 0 Å². The summed E-state index contributed by atoms with van der Waals surface area (Å²) in [7, 11) is 0. The molecule has 1 aliphatic carbocycles. The van der Waals surface area contributed by atoms with Crippen LogP contribution in [0.15, 0.2) is 60.7 Å². The zero-order valence-corrected chi connectivity index (χ0v) is 21.8. The smallest absolute Gasteiger partial charge is 0.258 e. The van der Waals surface area contributed by atoms with E-state index >= 15 is 0 Å². The molecule has 198 valence electrons. The van der Waals surface area contributed by atoms with E-state index in [4.69, 9.17) is 0 Å². The Morgan fingerprint density at radius 3 is 2.53 bits per heavy atom. The van der Waals surface area contributed by atoms with E-state index in [-0.39, 0.29) is 36.7 Å². The second kappa shape index (κ2) is 11.3. The molecule has 0 radical (unpaired) electrons. The number of carbonyl (C=O) groups is 3. The van der Waals surface area contributed by atoms with E-state index in [9.17, 15) is 18.8 Å². The lowest BCUT2D eigenvalue weighted by Gasteiger charge is -2.31. The van der Waals surface area contributed by atoms with Crippen LogP contribution in [0, 0.1) is 5.82 Å². The first-order valence-corrected chi connectivity index (χ1v) is 13.6. The molecular weight excluding hydrogens is 481 g/mol. The topological polar surface area (TPSA) is 69.7 Å². The molecule has 6 nitrogen and oxygen atoms in total. The number of rotatable bonds is 9. The number of hydrogen-bond acceptors (Lipinski definition) is 3. The van der Waals surface area contributed by atoms with Crippen molar-refractivity contribution >= 4 is 34.2 Å². The number of amides is 3. The Bertz CT molecular complexity index is 1350. The van der Waals surface area contributed by atoms with Gasteiger partial charge in [0.05, 0.1) is 5.69 Å². The van der Waals surface area contributed by atoms with Crippen LogP contribution in [0.5, 0.6) is 0 Å². The minimum absolute atomic E-state index is 0.0121. The number of carbonyl (C=O) groups excluding carboxylic acids is 3. The lowest BCUT2D eigenvalue weighted by molar-refractivity contribution is -0.141. The highest BCUT2D eigenvalue weighted by molar-refractivity contribution is 6.25. The third kappa shape index (κ3) is 5.28. The van der Waals surface area contributed by atoms with Crippen molar-refractivity contribution in [3.05, 3.63) is 77.6 Å². The van der Waals surface area contributed by atoms with Gasteiger partial charge in [-0.25, -0.2) is 4.39 Å². The maximum absolute atomic E-state index is 14.5. The second-order valence-electron chi connectivity index (χ2n) is 10.4. The summed E-state index contributed by atoms with van der Waals surface area (Å²) in [6, 6.07) is 17.3. The predicted molar refractivity (Wildman–Crippen MR) is 146 cm³/mol. The highest BCUT2D eigenvalue weighted by atomic mass is 19.1. The largest absolute Gasteiger partial charge is 0.352 e. The predicted octanol–water partition coefficient (Wildman–Crippen LogP) is 5.59. The zero-order valence-electron chi connectivity index (χ0n) is 21.8. The fraction of sp³-hybridized carbons (Fsp3) is 0.387. The first-order chi connectivity index (χ1) is 18.4. The molecule has 0 aromatic heterocycles. The summed E-state index contributed by atoms with van der Waals surface area (Å²) in [5, 5.41) is 5.06. The van der Waals surface area contributed by atoms with Gasteiger partial charge in [0.25, 0.3) is 5.91 Å². The Morgan fingerprint density at radius 1 is 1.03 bits per heavy atom. The number of benzene rings is 3. The molecule has 1 saturated carbocycles. The van der Waals surface area contributed by atoms with Gasteiger partial charge in [-0.15, -0.1) is 0 Å². The summed E-state index contributed by atoms with van der Waals surface area (Å²) in [6.07, 6.45) is 5.82. The van der Waals surface area contributed by atoms with Crippen LogP contribution in [0.3, 0.4) is 0 Å². The molecule has 3 aromatic rings. The van der Waals surface area contributed by atoms with Gasteiger partial charge in [0.2, 0.25) is 11.8 Å². The van der Waals surface area contributed by atoms with E-state index in [1.807, 2.05) is 36.4 Å². The Hall–Kier alpha value is -3.74. The third-order valence-electron chi connectivity index (χ3n) is 7.84. The summed E-state index contributed by atoms with van der Waals surface area (Å²) in [5.41, 5.74) is 1.91. The van der Waals surface area contributed by atoms with Crippen molar-refractivity contribution in [1.29, 1.82) is 0 Å². The van der Waals surface area contributed by atoms with Crippen LogP contribution in [0.2, 0.25) is 0 Å². The van der Waals surface area contributed by atoms with Crippen molar-refractivity contribution in [3.63, 3.8) is 0 Å². The maximum Gasteiger partial charge on any atom is 0.258 e. The molecule has 1 fully saturated rings. The molecule has 1 N–H and O–H groups in total. The summed E-state index contributed by atoms with van der Waals surface area (Å²) in [4.78, 5) is 42.9.